The van der Waals surface area contributed by atoms with Crippen molar-refractivity contribution in [1.29, 1.82) is 0 Å². The molecule has 3 nitrogen and oxygen atoms in total. The summed E-state index contributed by atoms with van der Waals surface area (Å²) >= 11 is 0. The van der Waals surface area contributed by atoms with Crippen LogP contribution in [0.2, 0.25) is 0 Å². The third-order valence-corrected chi connectivity index (χ3v) is 1.48. The largest absolute Gasteiger partial charge is 0.624 e. The Morgan fingerprint density at radius 2 is 2.18 bits per heavy atom. The van der Waals surface area contributed by atoms with E-state index < -0.39 is 0 Å². The quantitative estimate of drug-likeness (QED) is 0.423. The van der Waals surface area contributed by atoms with Crippen molar-refractivity contribution in [1.82, 2.24) is 0 Å². The van der Waals surface area contributed by atoms with E-state index in [9.17, 15) is 5.21 Å². The summed E-state index contributed by atoms with van der Waals surface area (Å²) in [6.07, 6.45) is 2.48. The molecular formula is C8H15NO2. The molecule has 0 saturated carbocycles. The first-order valence-electron chi connectivity index (χ1n) is 3.92. The molecule has 0 fully saturated rings. The Labute approximate surface area is 67.3 Å². The molecule has 3 heteroatoms. The van der Waals surface area contributed by atoms with E-state index in [-0.39, 0.29) is 11.7 Å². The Morgan fingerprint density at radius 3 is 2.55 bits per heavy atom. The van der Waals surface area contributed by atoms with Crippen molar-refractivity contribution in [3.8, 4) is 0 Å². The SMILES string of the molecule is CC(C)(C)O[C@@H]1CC=[N+]([O-])C1. The molecule has 0 aliphatic carbocycles. The Hall–Kier alpha value is -0.570. The number of rotatable bonds is 1. The second-order valence-corrected chi connectivity index (χ2v) is 3.87. The molecule has 64 valence electrons. The minimum absolute atomic E-state index is 0.0903. The highest BCUT2D eigenvalue weighted by Gasteiger charge is 2.25. The van der Waals surface area contributed by atoms with E-state index in [0.29, 0.717) is 6.54 Å². The monoisotopic (exact) mass is 157 g/mol. The Morgan fingerprint density at radius 1 is 1.55 bits per heavy atom. The molecule has 0 spiro atoms. The van der Waals surface area contributed by atoms with Crippen LogP contribution in [0.3, 0.4) is 0 Å². The molecule has 11 heavy (non-hydrogen) atoms. The van der Waals surface area contributed by atoms with Crippen LogP contribution in [0.1, 0.15) is 27.2 Å². The fourth-order valence-corrected chi connectivity index (χ4v) is 1.17. The minimum atomic E-state index is -0.135. The van der Waals surface area contributed by atoms with Crippen LogP contribution in [0, 0.1) is 5.21 Å². The second-order valence-electron chi connectivity index (χ2n) is 3.87. The fraction of sp³-hybridized carbons (Fsp3) is 0.875. The van der Waals surface area contributed by atoms with Gasteiger partial charge in [-0.05, 0) is 20.8 Å². The predicted molar refractivity (Wildman–Crippen MR) is 43.8 cm³/mol. The fourth-order valence-electron chi connectivity index (χ4n) is 1.17. The van der Waals surface area contributed by atoms with Gasteiger partial charge < -0.3 is 9.94 Å². The molecule has 1 heterocycles. The van der Waals surface area contributed by atoms with Crippen molar-refractivity contribution >= 4 is 6.21 Å². The van der Waals surface area contributed by atoms with Gasteiger partial charge >= 0.3 is 0 Å². The topological polar surface area (TPSA) is 35.3 Å². The van der Waals surface area contributed by atoms with Crippen LogP contribution < -0.4 is 0 Å². The van der Waals surface area contributed by atoms with E-state index in [1.807, 2.05) is 20.8 Å². The number of hydroxylamine groups is 1. The van der Waals surface area contributed by atoms with Gasteiger partial charge in [-0.15, -0.1) is 0 Å². The van der Waals surface area contributed by atoms with Crippen LogP contribution in [-0.2, 0) is 4.74 Å². The van der Waals surface area contributed by atoms with Gasteiger partial charge in [0.2, 0.25) is 0 Å². The molecule has 0 unspecified atom stereocenters. The van der Waals surface area contributed by atoms with Gasteiger partial charge in [0.25, 0.3) is 0 Å². The van der Waals surface area contributed by atoms with Crippen LogP contribution in [0.4, 0.5) is 0 Å². The maximum atomic E-state index is 10.7. The van der Waals surface area contributed by atoms with Gasteiger partial charge in [-0.2, -0.15) is 0 Å². The van der Waals surface area contributed by atoms with E-state index >= 15 is 0 Å². The van der Waals surface area contributed by atoms with Crippen LogP contribution in [-0.4, -0.2) is 29.2 Å². The number of nitrogens with zero attached hydrogens (tertiary/aromatic N) is 1. The third-order valence-electron chi connectivity index (χ3n) is 1.48. The molecule has 0 radical (unpaired) electrons. The van der Waals surface area contributed by atoms with Gasteiger partial charge in [0.05, 0.1) is 12.0 Å². The summed E-state index contributed by atoms with van der Waals surface area (Å²) in [6, 6.07) is 0. The smallest absolute Gasteiger partial charge is 0.179 e. The van der Waals surface area contributed by atoms with Gasteiger partial charge in [-0.3, -0.25) is 0 Å². The summed E-state index contributed by atoms with van der Waals surface area (Å²) in [5.74, 6) is 0. The zero-order valence-corrected chi connectivity index (χ0v) is 7.33. The molecule has 0 aromatic carbocycles. The number of hydrogen-bond donors (Lipinski definition) is 0. The summed E-state index contributed by atoms with van der Waals surface area (Å²) in [6.45, 7) is 6.48. The van der Waals surface area contributed by atoms with Gasteiger partial charge in [-0.1, -0.05) is 0 Å². The normalized spacial score (nSPS) is 25.4. The third kappa shape index (κ3) is 2.89. The van der Waals surface area contributed by atoms with Crippen molar-refractivity contribution in [3.05, 3.63) is 5.21 Å². The van der Waals surface area contributed by atoms with Gasteiger partial charge in [0.15, 0.2) is 12.8 Å². The van der Waals surface area contributed by atoms with E-state index in [2.05, 4.69) is 0 Å². The molecule has 0 saturated heterocycles. The van der Waals surface area contributed by atoms with Crippen molar-refractivity contribution in [3.63, 3.8) is 0 Å². The summed E-state index contributed by atoms with van der Waals surface area (Å²) in [4.78, 5) is 0. The maximum Gasteiger partial charge on any atom is 0.179 e. The average Bonchev–Trinajstić information content (AvgIpc) is 2.10. The molecule has 1 rings (SSSR count). The lowest BCUT2D eigenvalue weighted by molar-refractivity contribution is -0.454. The van der Waals surface area contributed by atoms with Crippen LogP contribution in [0.25, 0.3) is 0 Å². The lowest BCUT2D eigenvalue weighted by Gasteiger charge is -2.22. The van der Waals surface area contributed by atoms with Crippen LogP contribution in [0.5, 0.6) is 0 Å². The Kier molecular flexibility index (Phi) is 2.18. The van der Waals surface area contributed by atoms with Gasteiger partial charge in [0, 0.05) is 0 Å². The lowest BCUT2D eigenvalue weighted by atomic mass is 10.2. The molecule has 0 bridgehead atoms. The standard InChI is InChI=1S/C8H15NO2/c1-8(2,3)11-7-4-5-9(10)6-7/h5,7H,4,6H2,1-3H3/t7-/m1/s1. The molecular weight excluding hydrogens is 142 g/mol. The molecule has 1 aliphatic heterocycles. The van der Waals surface area contributed by atoms with E-state index in [1.54, 1.807) is 6.21 Å². The Bertz CT molecular complexity index is 169. The van der Waals surface area contributed by atoms with Gasteiger partial charge in [0.1, 0.15) is 6.10 Å². The molecule has 1 atom stereocenters. The first-order valence-corrected chi connectivity index (χ1v) is 3.92. The Balaban J connectivity index is 2.32. The van der Waals surface area contributed by atoms with Gasteiger partial charge in [-0.25, -0.2) is 4.74 Å². The molecule has 0 aromatic rings. The van der Waals surface area contributed by atoms with Crippen molar-refractivity contribution in [2.45, 2.75) is 38.9 Å². The summed E-state index contributed by atoms with van der Waals surface area (Å²) < 4.78 is 6.54. The lowest BCUT2D eigenvalue weighted by Crippen LogP contribution is -2.29. The first kappa shape index (κ1) is 8.53. The van der Waals surface area contributed by atoms with Crippen LogP contribution >= 0.6 is 0 Å². The van der Waals surface area contributed by atoms with Crippen LogP contribution in [0.15, 0.2) is 0 Å². The maximum absolute atomic E-state index is 10.7. The van der Waals surface area contributed by atoms with E-state index in [4.69, 9.17) is 4.74 Å². The number of ether oxygens (including phenoxy) is 1. The van der Waals surface area contributed by atoms with E-state index in [0.717, 1.165) is 11.2 Å². The highest BCUT2D eigenvalue weighted by Crippen LogP contribution is 2.14. The predicted octanol–water partition coefficient (Wildman–Crippen LogP) is 1.15. The highest BCUT2D eigenvalue weighted by atomic mass is 16.5. The number of hydrogen-bond acceptors (Lipinski definition) is 2. The molecule has 1 aliphatic rings. The minimum Gasteiger partial charge on any atom is -0.624 e. The van der Waals surface area contributed by atoms with Crippen molar-refractivity contribution < 1.29 is 9.48 Å². The van der Waals surface area contributed by atoms with Crippen molar-refractivity contribution in [2.75, 3.05) is 6.54 Å². The zero-order valence-electron chi connectivity index (χ0n) is 7.33. The summed E-state index contributed by atoms with van der Waals surface area (Å²) in [7, 11) is 0. The highest BCUT2D eigenvalue weighted by molar-refractivity contribution is 5.53. The average molecular weight is 157 g/mol. The molecule has 0 aromatic heterocycles. The summed E-state index contributed by atoms with van der Waals surface area (Å²) in [5, 5.41) is 10.7. The molecule has 0 amide bonds. The second kappa shape index (κ2) is 2.81. The zero-order chi connectivity index (χ0) is 8.48. The van der Waals surface area contributed by atoms with E-state index in [1.165, 1.54) is 0 Å². The summed E-state index contributed by atoms with van der Waals surface area (Å²) in [5.41, 5.74) is -0.135. The first-order chi connectivity index (χ1) is 4.97. The van der Waals surface area contributed by atoms with Crippen molar-refractivity contribution in [2.24, 2.45) is 0 Å². The molecule has 0 N–H and O–H groups in total.